The number of hydrogen-bond acceptors (Lipinski definition) is 4. The molecule has 1 aliphatic rings. The minimum atomic E-state index is -0.549. The standard InChI is InChI=1S/C21H23N3O4/c22-19(25)14-28-18-8-4-6-16(12-18)15-5-3-7-17(11-15)21(27)23-13-20(26)24-9-1-2-10-24/h3-8,11-12H,1-2,9-10,13-14H2,(H2,22,25)(H,23,27). The highest BCUT2D eigenvalue weighted by Crippen LogP contribution is 2.24. The van der Waals surface area contributed by atoms with Crippen molar-refractivity contribution < 1.29 is 19.1 Å². The van der Waals surface area contributed by atoms with Crippen molar-refractivity contribution in [3.63, 3.8) is 0 Å². The molecular weight excluding hydrogens is 358 g/mol. The molecule has 0 spiro atoms. The molecule has 1 fully saturated rings. The molecule has 2 aromatic carbocycles. The summed E-state index contributed by atoms with van der Waals surface area (Å²) >= 11 is 0. The maximum Gasteiger partial charge on any atom is 0.255 e. The quantitative estimate of drug-likeness (QED) is 0.760. The molecular formula is C21H23N3O4. The minimum absolute atomic E-state index is 0.000493. The summed E-state index contributed by atoms with van der Waals surface area (Å²) in [5.41, 5.74) is 7.22. The molecule has 0 unspecified atom stereocenters. The van der Waals surface area contributed by atoms with Gasteiger partial charge in [0.15, 0.2) is 6.61 Å². The van der Waals surface area contributed by atoms with E-state index >= 15 is 0 Å². The number of carbonyl (C=O) groups excluding carboxylic acids is 3. The molecule has 7 heteroatoms. The third-order valence-corrected chi connectivity index (χ3v) is 4.53. The number of nitrogens with zero attached hydrogens (tertiary/aromatic N) is 1. The van der Waals surface area contributed by atoms with Crippen LogP contribution in [0.25, 0.3) is 11.1 Å². The Labute approximate surface area is 163 Å². The summed E-state index contributed by atoms with van der Waals surface area (Å²) < 4.78 is 5.32. The van der Waals surface area contributed by atoms with Crippen molar-refractivity contribution in [3.05, 3.63) is 54.1 Å². The van der Waals surface area contributed by atoms with Gasteiger partial charge in [-0.15, -0.1) is 0 Å². The van der Waals surface area contributed by atoms with E-state index in [1.807, 2.05) is 12.1 Å². The molecule has 3 N–H and O–H groups in total. The van der Waals surface area contributed by atoms with Crippen molar-refractivity contribution in [3.8, 4) is 16.9 Å². The van der Waals surface area contributed by atoms with E-state index in [4.69, 9.17) is 10.5 Å². The molecule has 1 heterocycles. The monoisotopic (exact) mass is 381 g/mol. The van der Waals surface area contributed by atoms with Crippen molar-refractivity contribution in [2.45, 2.75) is 12.8 Å². The smallest absolute Gasteiger partial charge is 0.255 e. The highest BCUT2D eigenvalue weighted by atomic mass is 16.5. The van der Waals surface area contributed by atoms with E-state index in [2.05, 4.69) is 5.32 Å². The first kappa shape index (κ1) is 19.4. The lowest BCUT2D eigenvalue weighted by molar-refractivity contribution is -0.129. The van der Waals surface area contributed by atoms with Crippen LogP contribution in [0.1, 0.15) is 23.2 Å². The van der Waals surface area contributed by atoms with Crippen LogP contribution in [0.15, 0.2) is 48.5 Å². The number of nitrogens with two attached hydrogens (primary N) is 1. The molecule has 3 amide bonds. The van der Waals surface area contributed by atoms with E-state index in [-0.39, 0.29) is 25.0 Å². The van der Waals surface area contributed by atoms with Crippen LogP contribution in [0.4, 0.5) is 0 Å². The zero-order valence-corrected chi connectivity index (χ0v) is 15.5. The van der Waals surface area contributed by atoms with Gasteiger partial charge in [0.05, 0.1) is 6.54 Å². The lowest BCUT2D eigenvalue weighted by atomic mass is 10.0. The van der Waals surface area contributed by atoms with Gasteiger partial charge in [-0.2, -0.15) is 0 Å². The summed E-state index contributed by atoms with van der Waals surface area (Å²) in [7, 11) is 0. The van der Waals surface area contributed by atoms with E-state index in [0.717, 1.165) is 37.1 Å². The first-order valence-corrected chi connectivity index (χ1v) is 9.20. The summed E-state index contributed by atoms with van der Waals surface area (Å²) in [5, 5.41) is 2.69. The van der Waals surface area contributed by atoms with Gasteiger partial charge in [-0.25, -0.2) is 0 Å². The molecule has 2 aromatic rings. The number of rotatable bonds is 7. The number of likely N-dealkylation sites (tertiary alicyclic amines) is 1. The van der Waals surface area contributed by atoms with Crippen LogP contribution in [0.3, 0.4) is 0 Å². The van der Waals surface area contributed by atoms with Crippen LogP contribution < -0.4 is 15.8 Å². The Balaban J connectivity index is 1.66. The van der Waals surface area contributed by atoms with Crippen molar-refractivity contribution in [1.29, 1.82) is 0 Å². The maximum atomic E-state index is 12.4. The number of nitrogens with one attached hydrogen (secondary N) is 1. The number of carbonyl (C=O) groups is 3. The molecule has 1 saturated heterocycles. The highest BCUT2D eigenvalue weighted by molar-refractivity contribution is 5.97. The summed E-state index contributed by atoms with van der Waals surface area (Å²) in [4.78, 5) is 37.2. The van der Waals surface area contributed by atoms with E-state index in [1.54, 1.807) is 41.3 Å². The highest BCUT2D eigenvalue weighted by Gasteiger charge is 2.18. The summed E-state index contributed by atoms with van der Waals surface area (Å²) in [5.74, 6) is -0.383. The second kappa shape index (κ2) is 9.03. The van der Waals surface area contributed by atoms with Gasteiger partial charge in [0, 0.05) is 18.7 Å². The third kappa shape index (κ3) is 5.09. The molecule has 3 rings (SSSR count). The van der Waals surface area contributed by atoms with Gasteiger partial charge in [0.1, 0.15) is 5.75 Å². The maximum absolute atomic E-state index is 12.4. The Morgan fingerprint density at radius 2 is 1.68 bits per heavy atom. The Bertz CT molecular complexity index is 875. The topological polar surface area (TPSA) is 102 Å². The summed E-state index contributed by atoms with van der Waals surface area (Å²) in [6, 6.07) is 14.3. The number of benzene rings is 2. The largest absolute Gasteiger partial charge is 0.484 e. The van der Waals surface area contributed by atoms with Crippen LogP contribution >= 0.6 is 0 Å². The zero-order chi connectivity index (χ0) is 19.9. The molecule has 0 saturated carbocycles. The fourth-order valence-corrected chi connectivity index (χ4v) is 3.10. The molecule has 0 aliphatic carbocycles. The van der Waals surface area contributed by atoms with Gasteiger partial charge in [0.2, 0.25) is 5.91 Å². The minimum Gasteiger partial charge on any atom is -0.484 e. The van der Waals surface area contributed by atoms with Gasteiger partial charge in [-0.1, -0.05) is 24.3 Å². The normalized spacial score (nSPS) is 13.2. The Morgan fingerprint density at radius 1 is 1.00 bits per heavy atom. The van der Waals surface area contributed by atoms with Gasteiger partial charge in [0.25, 0.3) is 11.8 Å². The zero-order valence-electron chi connectivity index (χ0n) is 15.5. The number of amides is 3. The van der Waals surface area contributed by atoms with Gasteiger partial charge in [-0.3, -0.25) is 14.4 Å². The molecule has 28 heavy (non-hydrogen) atoms. The fraction of sp³-hybridized carbons (Fsp3) is 0.286. The second-order valence-electron chi connectivity index (χ2n) is 6.63. The van der Waals surface area contributed by atoms with Gasteiger partial charge in [-0.05, 0) is 48.2 Å². The van der Waals surface area contributed by atoms with Crippen LogP contribution in [0.5, 0.6) is 5.75 Å². The first-order chi connectivity index (χ1) is 13.5. The number of ether oxygens (including phenoxy) is 1. The average Bonchev–Trinajstić information content (AvgIpc) is 3.25. The summed E-state index contributed by atoms with van der Waals surface area (Å²) in [6.07, 6.45) is 2.04. The lowest BCUT2D eigenvalue weighted by Gasteiger charge is -2.15. The molecule has 0 radical (unpaired) electrons. The lowest BCUT2D eigenvalue weighted by Crippen LogP contribution is -2.38. The Morgan fingerprint density at radius 3 is 2.39 bits per heavy atom. The predicted octanol–water partition coefficient (Wildman–Crippen LogP) is 1.57. The fourth-order valence-electron chi connectivity index (χ4n) is 3.10. The van der Waals surface area contributed by atoms with Gasteiger partial charge < -0.3 is 20.7 Å². The molecule has 0 bridgehead atoms. The number of primary amides is 1. The van der Waals surface area contributed by atoms with Crippen LogP contribution in [0.2, 0.25) is 0 Å². The van der Waals surface area contributed by atoms with Crippen molar-refractivity contribution in [2.24, 2.45) is 5.73 Å². The van der Waals surface area contributed by atoms with Gasteiger partial charge >= 0.3 is 0 Å². The van der Waals surface area contributed by atoms with Crippen LogP contribution in [0, 0.1) is 0 Å². The van der Waals surface area contributed by atoms with Crippen molar-refractivity contribution in [2.75, 3.05) is 26.2 Å². The van der Waals surface area contributed by atoms with Crippen LogP contribution in [-0.2, 0) is 9.59 Å². The molecule has 0 aromatic heterocycles. The number of hydrogen-bond donors (Lipinski definition) is 2. The van der Waals surface area contributed by atoms with Crippen molar-refractivity contribution >= 4 is 17.7 Å². The van der Waals surface area contributed by atoms with Crippen LogP contribution in [-0.4, -0.2) is 48.9 Å². The van der Waals surface area contributed by atoms with E-state index in [0.29, 0.717) is 11.3 Å². The van der Waals surface area contributed by atoms with E-state index in [9.17, 15) is 14.4 Å². The molecule has 0 atom stereocenters. The second-order valence-corrected chi connectivity index (χ2v) is 6.63. The summed E-state index contributed by atoms with van der Waals surface area (Å²) in [6.45, 7) is 1.33. The third-order valence-electron chi connectivity index (χ3n) is 4.53. The van der Waals surface area contributed by atoms with Crippen molar-refractivity contribution in [1.82, 2.24) is 10.2 Å². The average molecular weight is 381 g/mol. The molecule has 1 aliphatic heterocycles. The molecule has 146 valence electrons. The molecule has 7 nitrogen and oxygen atoms in total. The Kier molecular flexibility index (Phi) is 6.26. The predicted molar refractivity (Wildman–Crippen MR) is 105 cm³/mol. The SMILES string of the molecule is NC(=O)COc1cccc(-c2cccc(C(=O)NCC(=O)N3CCCC3)c2)c1. The van der Waals surface area contributed by atoms with E-state index < -0.39 is 5.91 Å². The Hall–Kier alpha value is -3.35. The van der Waals surface area contributed by atoms with E-state index in [1.165, 1.54) is 0 Å². The first-order valence-electron chi connectivity index (χ1n) is 9.20.